The standard InChI is InChI=1S/C15H20F3N3O4S/c1-12(22)19-6-7-20-8-10-21(11-9-20)26(23,24)14-4-2-13(3-5-14)25-15(16,17)18/h2-5H,6-11H2,1H3,(H,19,22). The maximum atomic E-state index is 12.6. The second kappa shape index (κ2) is 8.23. The number of amides is 1. The van der Waals surface area contributed by atoms with Gasteiger partial charge in [-0.1, -0.05) is 0 Å². The molecule has 146 valence electrons. The van der Waals surface area contributed by atoms with Crippen LogP contribution in [-0.2, 0) is 14.8 Å². The van der Waals surface area contributed by atoms with Crippen molar-refractivity contribution in [2.45, 2.75) is 18.2 Å². The zero-order chi connectivity index (χ0) is 19.4. The number of nitrogens with one attached hydrogen (secondary N) is 1. The summed E-state index contributed by atoms with van der Waals surface area (Å²) < 4.78 is 66.7. The molecule has 1 aromatic carbocycles. The highest BCUT2D eigenvalue weighted by molar-refractivity contribution is 7.89. The number of sulfonamides is 1. The highest BCUT2D eigenvalue weighted by Crippen LogP contribution is 2.25. The van der Waals surface area contributed by atoms with Gasteiger partial charge in [-0.15, -0.1) is 13.2 Å². The fraction of sp³-hybridized carbons (Fsp3) is 0.533. The van der Waals surface area contributed by atoms with Crippen molar-refractivity contribution in [3.8, 4) is 5.75 Å². The number of benzene rings is 1. The van der Waals surface area contributed by atoms with Gasteiger partial charge in [-0.25, -0.2) is 8.42 Å². The van der Waals surface area contributed by atoms with E-state index in [0.717, 1.165) is 24.3 Å². The van der Waals surface area contributed by atoms with E-state index in [-0.39, 0.29) is 23.9 Å². The predicted molar refractivity (Wildman–Crippen MR) is 87.0 cm³/mol. The predicted octanol–water partition coefficient (Wildman–Crippen LogP) is 1.03. The molecule has 1 aliphatic rings. The van der Waals surface area contributed by atoms with Gasteiger partial charge in [0.25, 0.3) is 0 Å². The van der Waals surface area contributed by atoms with Crippen LogP contribution in [0.1, 0.15) is 6.92 Å². The number of alkyl halides is 3. The summed E-state index contributed by atoms with van der Waals surface area (Å²) in [6.07, 6.45) is -4.83. The van der Waals surface area contributed by atoms with Gasteiger partial charge in [-0.05, 0) is 24.3 Å². The van der Waals surface area contributed by atoms with Crippen LogP contribution in [0.2, 0.25) is 0 Å². The maximum absolute atomic E-state index is 12.6. The summed E-state index contributed by atoms with van der Waals surface area (Å²) in [7, 11) is -3.78. The lowest BCUT2D eigenvalue weighted by Gasteiger charge is -2.33. The first-order valence-electron chi connectivity index (χ1n) is 7.91. The minimum Gasteiger partial charge on any atom is -0.406 e. The van der Waals surface area contributed by atoms with Crippen molar-refractivity contribution >= 4 is 15.9 Å². The summed E-state index contributed by atoms with van der Waals surface area (Å²) in [6, 6.07) is 4.15. The minimum atomic E-state index is -4.83. The summed E-state index contributed by atoms with van der Waals surface area (Å²) in [6.45, 7) is 4.09. The molecule has 0 aromatic heterocycles. The molecule has 26 heavy (non-hydrogen) atoms. The molecule has 1 heterocycles. The summed E-state index contributed by atoms with van der Waals surface area (Å²) >= 11 is 0. The molecule has 1 saturated heterocycles. The zero-order valence-corrected chi connectivity index (χ0v) is 14.9. The highest BCUT2D eigenvalue weighted by Gasteiger charge is 2.32. The number of piperazine rings is 1. The molecule has 11 heteroatoms. The van der Waals surface area contributed by atoms with Crippen molar-refractivity contribution in [2.75, 3.05) is 39.3 Å². The van der Waals surface area contributed by atoms with Crippen LogP contribution in [0.5, 0.6) is 5.75 Å². The van der Waals surface area contributed by atoms with E-state index in [0.29, 0.717) is 26.2 Å². The molecule has 1 N–H and O–H groups in total. The van der Waals surface area contributed by atoms with Crippen LogP contribution in [0, 0.1) is 0 Å². The number of hydrogen-bond donors (Lipinski definition) is 1. The Hall–Kier alpha value is -1.85. The van der Waals surface area contributed by atoms with Crippen molar-refractivity contribution < 1.29 is 31.1 Å². The van der Waals surface area contributed by atoms with E-state index in [1.54, 1.807) is 0 Å². The van der Waals surface area contributed by atoms with Crippen molar-refractivity contribution in [1.82, 2.24) is 14.5 Å². The molecular weight excluding hydrogens is 375 g/mol. The zero-order valence-electron chi connectivity index (χ0n) is 14.1. The molecule has 0 bridgehead atoms. The quantitative estimate of drug-likeness (QED) is 0.778. The second-order valence-electron chi connectivity index (χ2n) is 5.75. The Kier molecular flexibility index (Phi) is 6.48. The molecule has 1 amide bonds. The Morgan fingerprint density at radius 3 is 2.23 bits per heavy atom. The molecule has 1 fully saturated rings. The van der Waals surface area contributed by atoms with Gasteiger partial charge in [0.05, 0.1) is 4.90 Å². The number of ether oxygens (including phenoxy) is 1. The average Bonchev–Trinajstić information content (AvgIpc) is 2.54. The number of carbonyl (C=O) groups is 1. The number of nitrogens with zero attached hydrogens (tertiary/aromatic N) is 2. The molecule has 1 aromatic rings. The normalized spacial score (nSPS) is 17.1. The molecule has 2 rings (SSSR count). The number of rotatable bonds is 6. The van der Waals surface area contributed by atoms with Crippen molar-refractivity contribution in [3.63, 3.8) is 0 Å². The van der Waals surface area contributed by atoms with Gasteiger partial charge in [-0.2, -0.15) is 4.31 Å². The molecule has 0 spiro atoms. The monoisotopic (exact) mass is 395 g/mol. The van der Waals surface area contributed by atoms with E-state index in [1.807, 2.05) is 4.90 Å². The Labute approximate surface area is 149 Å². The van der Waals surface area contributed by atoms with Gasteiger partial charge in [0.2, 0.25) is 15.9 Å². The van der Waals surface area contributed by atoms with Crippen LogP contribution >= 0.6 is 0 Å². The molecule has 0 unspecified atom stereocenters. The van der Waals surface area contributed by atoms with Gasteiger partial charge in [0.15, 0.2) is 0 Å². The first-order valence-corrected chi connectivity index (χ1v) is 9.35. The van der Waals surface area contributed by atoms with E-state index in [9.17, 15) is 26.4 Å². The van der Waals surface area contributed by atoms with Gasteiger partial charge in [0, 0.05) is 46.2 Å². The summed E-state index contributed by atoms with van der Waals surface area (Å²) in [4.78, 5) is 12.8. The summed E-state index contributed by atoms with van der Waals surface area (Å²) in [5.41, 5.74) is 0. The third-order valence-electron chi connectivity index (χ3n) is 3.83. The van der Waals surface area contributed by atoms with E-state index < -0.39 is 22.1 Å². The van der Waals surface area contributed by atoms with Crippen molar-refractivity contribution in [2.24, 2.45) is 0 Å². The second-order valence-corrected chi connectivity index (χ2v) is 7.69. The molecule has 1 aliphatic heterocycles. The van der Waals surface area contributed by atoms with Crippen molar-refractivity contribution in [3.05, 3.63) is 24.3 Å². The summed E-state index contributed by atoms with van der Waals surface area (Å²) in [5.74, 6) is -0.594. The van der Waals surface area contributed by atoms with Crippen LogP contribution in [0.3, 0.4) is 0 Å². The summed E-state index contributed by atoms with van der Waals surface area (Å²) in [5, 5.41) is 2.68. The Bertz CT molecular complexity index is 715. The Morgan fingerprint density at radius 2 is 1.73 bits per heavy atom. The highest BCUT2D eigenvalue weighted by atomic mass is 32.2. The van der Waals surface area contributed by atoms with Crippen LogP contribution in [0.15, 0.2) is 29.2 Å². The first-order chi connectivity index (χ1) is 12.1. The number of carbonyl (C=O) groups excluding carboxylic acids is 1. The molecular formula is C15H20F3N3O4S. The third kappa shape index (κ3) is 5.85. The van der Waals surface area contributed by atoms with E-state index in [1.165, 1.54) is 11.2 Å². The molecule has 0 radical (unpaired) electrons. The smallest absolute Gasteiger partial charge is 0.406 e. The number of hydrogen-bond acceptors (Lipinski definition) is 5. The van der Waals surface area contributed by atoms with Gasteiger partial charge in [-0.3, -0.25) is 9.69 Å². The lowest BCUT2D eigenvalue weighted by atomic mass is 10.3. The molecule has 7 nitrogen and oxygen atoms in total. The van der Waals surface area contributed by atoms with Gasteiger partial charge in [0.1, 0.15) is 5.75 Å². The van der Waals surface area contributed by atoms with Crippen LogP contribution < -0.4 is 10.1 Å². The fourth-order valence-corrected chi connectivity index (χ4v) is 3.97. The SMILES string of the molecule is CC(=O)NCCN1CCN(S(=O)(=O)c2ccc(OC(F)(F)F)cc2)CC1. The van der Waals surface area contributed by atoms with Crippen molar-refractivity contribution in [1.29, 1.82) is 0 Å². The van der Waals surface area contributed by atoms with Gasteiger partial charge < -0.3 is 10.1 Å². The topological polar surface area (TPSA) is 79.0 Å². The van der Waals surface area contributed by atoms with E-state index >= 15 is 0 Å². The molecule has 0 atom stereocenters. The lowest BCUT2D eigenvalue weighted by Crippen LogP contribution is -2.50. The average molecular weight is 395 g/mol. The minimum absolute atomic E-state index is 0.0845. The van der Waals surface area contributed by atoms with Crippen LogP contribution in [-0.4, -0.2) is 69.2 Å². The lowest BCUT2D eigenvalue weighted by molar-refractivity contribution is -0.274. The first kappa shape index (κ1) is 20.5. The number of halogens is 3. The largest absolute Gasteiger partial charge is 0.573 e. The molecule has 0 aliphatic carbocycles. The Morgan fingerprint density at radius 1 is 1.15 bits per heavy atom. The van der Waals surface area contributed by atoms with Gasteiger partial charge >= 0.3 is 6.36 Å². The van der Waals surface area contributed by atoms with Crippen LogP contribution in [0.4, 0.5) is 13.2 Å². The van der Waals surface area contributed by atoms with E-state index in [4.69, 9.17) is 0 Å². The Balaban J connectivity index is 1.93. The molecule has 0 saturated carbocycles. The maximum Gasteiger partial charge on any atom is 0.573 e. The van der Waals surface area contributed by atoms with Crippen LogP contribution in [0.25, 0.3) is 0 Å². The third-order valence-corrected chi connectivity index (χ3v) is 5.74. The fourth-order valence-electron chi connectivity index (χ4n) is 2.55. The van der Waals surface area contributed by atoms with E-state index in [2.05, 4.69) is 10.1 Å².